The molecule has 0 atom stereocenters. The third-order valence-electron chi connectivity index (χ3n) is 2.94. The van der Waals surface area contributed by atoms with E-state index in [0.717, 1.165) is 5.52 Å². The average Bonchev–Trinajstić information content (AvgIpc) is 2.95. The molecule has 3 rings (SSSR count). The number of amides is 2. The van der Waals surface area contributed by atoms with Gasteiger partial charge in [0.05, 0.1) is 12.8 Å². The summed E-state index contributed by atoms with van der Waals surface area (Å²) in [7, 11) is 1.55. The normalized spacial score (nSPS) is 10.3. The van der Waals surface area contributed by atoms with Crippen molar-refractivity contribution < 1.29 is 13.9 Å². The number of hydrogen-bond donors (Lipinski definition) is 2. The molecule has 0 radical (unpaired) electrons. The van der Waals surface area contributed by atoms with Crippen LogP contribution in [0.1, 0.15) is 0 Å². The van der Waals surface area contributed by atoms with Gasteiger partial charge < -0.3 is 19.8 Å². The van der Waals surface area contributed by atoms with Gasteiger partial charge in [0.25, 0.3) is 0 Å². The standard InChI is InChI=1S/C15H13N3O3/c1-20-13-5-3-2-4-12(13)18-15(19)17-10-6-7-11-14(8-10)21-9-16-11/h2-9H,1H3,(H2,17,18,19). The highest BCUT2D eigenvalue weighted by atomic mass is 16.5. The minimum absolute atomic E-state index is 0.363. The van der Waals surface area contributed by atoms with Gasteiger partial charge in [0.2, 0.25) is 0 Å². The second kappa shape index (κ2) is 5.54. The highest BCUT2D eigenvalue weighted by Gasteiger charge is 2.08. The number of carbonyl (C=O) groups excluding carboxylic acids is 1. The molecule has 0 aliphatic rings. The third kappa shape index (κ3) is 2.79. The average molecular weight is 283 g/mol. The van der Waals surface area contributed by atoms with Gasteiger partial charge in [-0.3, -0.25) is 0 Å². The summed E-state index contributed by atoms with van der Waals surface area (Å²) in [4.78, 5) is 16.0. The number of benzene rings is 2. The van der Waals surface area contributed by atoms with Crippen LogP contribution in [0.15, 0.2) is 53.3 Å². The maximum absolute atomic E-state index is 12.0. The van der Waals surface area contributed by atoms with Gasteiger partial charge in [0.15, 0.2) is 12.0 Å². The van der Waals surface area contributed by atoms with Gasteiger partial charge in [-0.25, -0.2) is 9.78 Å². The van der Waals surface area contributed by atoms with Crippen molar-refractivity contribution in [3.05, 3.63) is 48.9 Å². The van der Waals surface area contributed by atoms with Gasteiger partial charge in [-0.15, -0.1) is 0 Å². The van der Waals surface area contributed by atoms with Crippen molar-refractivity contribution in [2.75, 3.05) is 17.7 Å². The van der Waals surface area contributed by atoms with E-state index in [1.165, 1.54) is 6.39 Å². The number of anilines is 2. The van der Waals surface area contributed by atoms with Crippen LogP contribution in [0.4, 0.5) is 16.2 Å². The summed E-state index contributed by atoms with van der Waals surface area (Å²) in [6.45, 7) is 0. The van der Waals surface area contributed by atoms with Gasteiger partial charge in [0, 0.05) is 11.8 Å². The number of nitrogens with one attached hydrogen (secondary N) is 2. The van der Waals surface area contributed by atoms with Gasteiger partial charge >= 0.3 is 6.03 Å². The zero-order valence-electron chi connectivity index (χ0n) is 11.3. The van der Waals surface area contributed by atoms with Crippen LogP contribution in [0, 0.1) is 0 Å². The maximum Gasteiger partial charge on any atom is 0.323 e. The molecule has 21 heavy (non-hydrogen) atoms. The van der Waals surface area contributed by atoms with E-state index in [2.05, 4.69) is 15.6 Å². The summed E-state index contributed by atoms with van der Waals surface area (Å²) >= 11 is 0. The number of ether oxygens (including phenoxy) is 1. The molecule has 2 aromatic carbocycles. The minimum atomic E-state index is -0.363. The van der Waals surface area contributed by atoms with Crippen molar-refractivity contribution in [1.82, 2.24) is 4.98 Å². The van der Waals surface area contributed by atoms with E-state index < -0.39 is 0 Å². The molecule has 0 aliphatic carbocycles. The molecule has 0 saturated heterocycles. The molecule has 0 spiro atoms. The fourth-order valence-electron chi connectivity index (χ4n) is 1.97. The zero-order chi connectivity index (χ0) is 14.7. The Hall–Kier alpha value is -3.02. The summed E-state index contributed by atoms with van der Waals surface area (Å²) in [5, 5.41) is 5.46. The molecule has 3 aromatic rings. The van der Waals surface area contributed by atoms with Gasteiger partial charge in [-0.05, 0) is 24.3 Å². The van der Waals surface area contributed by atoms with Crippen LogP contribution in [0.2, 0.25) is 0 Å². The van der Waals surface area contributed by atoms with E-state index in [1.807, 2.05) is 12.1 Å². The molecule has 1 heterocycles. The third-order valence-corrected chi connectivity index (χ3v) is 2.94. The number of rotatable bonds is 3. The number of carbonyl (C=O) groups is 1. The molecule has 0 saturated carbocycles. The lowest BCUT2D eigenvalue weighted by Crippen LogP contribution is -2.19. The first-order valence-electron chi connectivity index (χ1n) is 6.30. The second-order valence-electron chi connectivity index (χ2n) is 4.31. The predicted molar refractivity (Wildman–Crippen MR) is 79.6 cm³/mol. The topological polar surface area (TPSA) is 76.4 Å². The molecule has 0 fully saturated rings. The van der Waals surface area contributed by atoms with Gasteiger partial charge in [-0.1, -0.05) is 12.1 Å². The van der Waals surface area contributed by atoms with Crippen LogP contribution in [0.5, 0.6) is 5.75 Å². The number of nitrogens with zero attached hydrogens (tertiary/aromatic N) is 1. The second-order valence-corrected chi connectivity index (χ2v) is 4.31. The van der Waals surface area contributed by atoms with Crippen molar-refractivity contribution in [2.24, 2.45) is 0 Å². The molecule has 0 aliphatic heterocycles. The number of para-hydroxylation sites is 2. The number of oxazole rings is 1. The number of aromatic nitrogens is 1. The Bertz CT molecular complexity index is 782. The molecule has 106 valence electrons. The molecule has 1 aromatic heterocycles. The lowest BCUT2D eigenvalue weighted by atomic mass is 10.3. The Morgan fingerprint density at radius 3 is 2.90 bits per heavy atom. The quantitative estimate of drug-likeness (QED) is 0.771. The van der Waals surface area contributed by atoms with Crippen LogP contribution in [0.3, 0.4) is 0 Å². The molecule has 0 unspecified atom stereocenters. The Labute approximate surface area is 120 Å². The Balaban J connectivity index is 1.73. The van der Waals surface area contributed by atoms with Crippen LogP contribution in [-0.2, 0) is 0 Å². The fourth-order valence-corrected chi connectivity index (χ4v) is 1.97. The summed E-state index contributed by atoms with van der Waals surface area (Å²) in [5.74, 6) is 0.596. The monoisotopic (exact) mass is 283 g/mol. The molecule has 6 nitrogen and oxygen atoms in total. The van der Waals surface area contributed by atoms with Crippen LogP contribution in [-0.4, -0.2) is 18.1 Å². The molecule has 0 bridgehead atoms. The lowest BCUT2D eigenvalue weighted by Gasteiger charge is -2.10. The smallest absolute Gasteiger partial charge is 0.323 e. The zero-order valence-corrected chi connectivity index (χ0v) is 11.3. The van der Waals surface area contributed by atoms with E-state index in [9.17, 15) is 4.79 Å². The van der Waals surface area contributed by atoms with Crippen LogP contribution < -0.4 is 15.4 Å². The van der Waals surface area contributed by atoms with Crippen molar-refractivity contribution in [2.45, 2.75) is 0 Å². The first-order chi connectivity index (χ1) is 10.3. The lowest BCUT2D eigenvalue weighted by molar-refractivity contribution is 0.262. The summed E-state index contributed by atoms with van der Waals surface area (Å²) in [5.41, 5.74) is 2.57. The molecule has 2 amide bonds. The SMILES string of the molecule is COc1ccccc1NC(=O)Nc1ccc2ncoc2c1. The van der Waals surface area contributed by atoms with Gasteiger partial charge in [0.1, 0.15) is 11.3 Å². The summed E-state index contributed by atoms with van der Waals surface area (Å²) in [6.07, 6.45) is 1.36. The molecular weight excluding hydrogens is 270 g/mol. The maximum atomic E-state index is 12.0. The molecule has 2 N–H and O–H groups in total. The van der Waals surface area contributed by atoms with Crippen molar-refractivity contribution in [1.29, 1.82) is 0 Å². The van der Waals surface area contributed by atoms with Crippen molar-refractivity contribution in [3.63, 3.8) is 0 Å². The molecular formula is C15H13N3O3. The first kappa shape index (κ1) is 13.0. The Morgan fingerprint density at radius 2 is 2.05 bits per heavy atom. The number of urea groups is 1. The molecule has 6 heteroatoms. The van der Waals surface area contributed by atoms with Crippen LogP contribution >= 0.6 is 0 Å². The van der Waals surface area contributed by atoms with Crippen molar-refractivity contribution in [3.8, 4) is 5.75 Å². The van der Waals surface area contributed by atoms with Crippen LogP contribution in [0.25, 0.3) is 11.1 Å². The van der Waals surface area contributed by atoms with E-state index in [4.69, 9.17) is 9.15 Å². The van der Waals surface area contributed by atoms with Gasteiger partial charge in [-0.2, -0.15) is 0 Å². The van der Waals surface area contributed by atoms with E-state index in [0.29, 0.717) is 22.7 Å². The van der Waals surface area contributed by atoms with Crippen molar-refractivity contribution >= 4 is 28.5 Å². The summed E-state index contributed by atoms with van der Waals surface area (Å²) in [6, 6.07) is 12.1. The van der Waals surface area contributed by atoms with E-state index in [1.54, 1.807) is 37.4 Å². The Kier molecular flexibility index (Phi) is 3.42. The number of methoxy groups -OCH3 is 1. The minimum Gasteiger partial charge on any atom is -0.495 e. The predicted octanol–water partition coefficient (Wildman–Crippen LogP) is 3.48. The fraction of sp³-hybridized carbons (Fsp3) is 0.0667. The number of hydrogen-bond acceptors (Lipinski definition) is 4. The summed E-state index contributed by atoms with van der Waals surface area (Å²) < 4.78 is 10.4. The van der Waals surface area contributed by atoms with E-state index in [-0.39, 0.29) is 6.03 Å². The highest BCUT2D eigenvalue weighted by Crippen LogP contribution is 2.23. The highest BCUT2D eigenvalue weighted by molar-refractivity contribution is 6.01. The van der Waals surface area contributed by atoms with E-state index >= 15 is 0 Å². The Morgan fingerprint density at radius 1 is 1.19 bits per heavy atom. The largest absolute Gasteiger partial charge is 0.495 e. The number of fused-ring (bicyclic) bond motifs is 1. The first-order valence-corrected chi connectivity index (χ1v) is 6.30.